The van der Waals surface area contributed by atoms with E-state index in [9.17, 15) is 9.59 Å². The molecule has 0 aliphatic rings. The molecular weight excluding hydrogens is 471 g/mol. The highest BCUT2D eigenvalue weighted by Crippen LogP contribution is 2.14. The molecule has 0 saturated carbocycles. The van der Waals surface area contributed by atoms with Gasteiger partial charge < -0.3 is 10.4 Å². The minimum Gasteiger partial charge on any atom is -0.481 e. The van der Waals surface area contributed by atoms with Gasteiger partial charge in [0.05, 0.1) is 6.42 Å². The van der Waals surface area contributed by atoms with Gasteiger partial charge in [-0.25, -0.2) is 0 Å². The molecule has 1 amide bonds. The molecule has 0 heterocycles. The van der Waals surface area contributed by atoms with E-state index in [1.54, 1.807) is 30.3 Å². The highest BCUT2D eigenvalue weighted by molar-refractivity contribution is 6.34. The van der Waals surface area contributed by atoms with Crippen LogP contribution in [0.25, 0.3) is 0 Å². The van der Waals surface area contributed by atoms with Crippen molar-refractivity contribution < 1.29 is 14.7 Å². The second-order valence-electron chi connectivity index (χ2n) is 7.83. The molecule has 2 N–H and O–H groups in total. The Bertz CT molecular complexity index is 1040. The van der Waals surface area contributed by atoms with Crippen molar-refractivity contribution in [3.8, 4) is 0 Å². The van der Waals surface area contributed by atoms with E-state index < -0.39 is 5.97 Å². The molecular formula is C27H30Cl2N2O3. The summed E-state index contributed by atoms with van der Waals surface area (Å²) < 4.78 is 0. The number of hydrogen-bond donors (Lipinski definition) is 2. The summed E-state index contributed by atoms with van der Waals surface area (Å²) in [5, 5.41) is 12.6. The number of hydrogen-bond acceptors (Lipinski definition) is 3. The summed E-state index contributed by atoms with van der Waals surface area (Å²) in [6, 6.07) is 23.1. The van der Waals surface area contributed by atoms with Gasteiger partial charge in [-0.15, -0.1) is 0 Å². The largest absolute Gasteiger partial charge is 0.481 e. The molecule has 0 aliphatic carbocycles. The van der Waals surface area contributed by atoms with Crippen molar-refractivity contribution in [2.45, 2.75) is 33.4 Å². The first-order chi connectivity index (χ1) is 16.3. The predicted molar refractivity (Wildman–Crippen MR) is 138 cm³/mol. The molecule has 0 spiro atoms. The fourth-order valence-electron chi connectivity index (χ4n) is 3.10. The fraction of sp³-hybridized carbons (Fsp3) is 0.259. The summed E-state index contributed by atoms with van der Waals surface area (Å²) in [4.78, 5) is 24.8. The molecule has 3 aromatic carbocycles. The molecule has 0 unspecified atom stereocenters. The predicted octanol–water partition coefficient (Wildman–Crippen LogP) is 6.22. The molecule has 0 saturated heterocycles. The molecule has 0 aromatic heterocycles. The molecule has 7 heteroatoms. The van der Waals surface area contributed by atoms with Crippen molar-refractivity contribution >= 4 is 35.1 Å². The van der Waals surface area contributed by atoms with Gasteiger partial charge in [-0.05, 0) is 54.9 Å². The zero-order chi connectivity index (χ0) is 24.9. The van der Waals surface area contributed by atoms with Crippen LogP contribution < -0.4 is 5.32 Å². The summed E-state index contributed by atoms with van der Waals surface area (Å²) in [6.07, 6.45) is -0.0751. The zero-order valence-electron chi connectivity index (χ0n) is 19.4. The Labute approximate surface area is 211 Å². The quantitative estimate of drug-likeness (QED) is 0.366. The summed E-state index contributed by atoms with van der Waals surface area (Å²) in [5.41, 5.74) is 4.22. The van der Waals surface area contributed by atoms with Crippen LogP contribution in [-0.2, 0) is 17.9 Å². The van der Waals surface area contributed by atoms with Crippen LogP contribution in [0.15, 0.2) is 72.8 Å². The highest BCUT2D eigenvalue weighted by atomic mass is 35.5. The van der Waals surface area contributed by atoms with E-state index in [0.717, 1.165) is 25.2 Å². The van der Waals surface area contributed by atoms with E-state index >= 15 is 0 Å². The average molecular weight is 501 g/mol. The number of carbonyl (C=O) groups excluding carboxylic acids is 1. The molecule has 3 aromatic rings. The van der Waals surface area contributed by atoms with E-state index in [4.69, 9.17) is 28.3 Å². The van der Waals surface area contributed by atoms with Crippen LogP contribution in [0.1, 0.15) is 40.4 Å². The zero-order valence-corrected chi connectivity index (χ0v) is 20.9. The Morgan fingerprint density at radius 1 is 0.882 bits per heavy atom. The number of amides is 1. The van der Waals surface area contributed by atoms with Crippen LogP contribution in [0.3, 0.4) is 0 Å². The van der Waals surface area contributed by atoms with Crippen molar-refractivity contribution in [3.05, 3.63) is 105 Å². The second kappa shape index (κ2) is 14.4. The molecule has 3 rings (SSSR count). The monoisotopic (exact) mass is 500 g/mol. The third-order valence-corrected chi connectivity index (χ3v) is 5.48. The topological polar surface area (TPSA) is 69.6 Å². The molecule has 0 atom stereocenters. The molecule has 34 heavy (non-hydrogen) atoms. The smallest absolute Gasteiger partial charge is 0.305 e. The number of carboxylic acid groups (broad SMARTS) is 1. The van der Waals surface area contributed by atoms with Crippen molar-refractivity contribution in [1.29, 1.82) is 0 Å². The van der Waals surface area contributed by atoms with E-state index in [-0.39, 0.29) is 18.9 Å². The number of carbonyl (C=O) groups is 2. The van der Waals surface area contributed by atoms with Gasteiger partial charge in [-0.2, -0.15) is 0 Å². The molecule has 0 fully saturated rings. The van der Waals surface area contributed by atoms with Crippen molar-refractivity contribution in [2.75, 3.05) is 13.1 Å². The maximum atomic E-state index is 12.0. The van der Waals surface area contributed by atoms with Gasteiger partial charge in [0.15, 0.2) is 0 Å². The summed E-state index contributed by atoms with van der Waals surface area (Å²) in [5.74, 6) is -1.17. The minimum atomic E-state index is -0.922. The number of benzene rings is 3. The number of aryl methyl sites for hydroxylation is 1. The molecule has 0 bridgehead atoms. The van der Waals surface area contributed by atoms with Crippen molar-refractivity contribution in [2.24, 2.45) is 0 Å². The molecule has 0 aliphatic heterocycles. The lowest BCUT2D eigenvalue weighted by atomic mass is 10.1. The lowest BCUT2D eigenvalue weighted by molar-refractivity contribution is -0.136. The Hall–Kier alpha value is -2.86. The Morgan fingerprint density at radius 3 is 1.85 bits per heavy atom. The molecule has 5 nitrogen and oxygen atoms in total. The van der Waals surface area contributed by atoms with Crippen LogP contribution >= 0.6 is 23.2 Å². The number of carboxylic acids is 1. The van der Waals surface area contributed by atoms with Crippen LogP contribution in [0.5, 0.6) is 0 Å². The lowest BCUT2D eigenvalue weighted by Gasteiger charge is -2.21. The SMILES string of the molecule is CCN(Cc1ccc(C)cc1)Cc1ccc(C(=O)NCCC(=O)O)cc1.Clc1cccc(Cl)c1. The van der Waals surface area contributed by atoms with E-state index in [1.807, 2.05) is 18.2 Å². The first kappa shape index (κ1) is 27.4. The van der Waals surface area contributed by atoms with Gasteiger partial charge >= 0.3 is 5.97 Å². The maximum absolute atomic E-state index is 12.0. The third kappa shape index (κ3) is 10.4. The van der Waals surface area contributed by atoms with E-state index in [0.29, 0.717) is 15.6 Å². The van der Waals surface area contributed by atoms with Crippen molar-refractivity contribution in [3.63, 3.8) is 0 Å². The summed E-state index contributed by atoms with van der Waals surface area (Å²) in [6.45, 7) is 6.99. The first-order valence-electron chi connectivity index (χ1n) is 11.0. The van der Waals surface area contributed by atoms with Gasteiger partial charge in [-0.3, -0.25) is 14.5 Å². The Kier molecular flexibility index (Phi) is 11.6. The number of aliphatic carboxylic acids is 1. The van der Waals surface area contributed by atoms with Crippen LogP contribution in [0.2, 0.25) is 10.0 Å². The number of nitrogens with one attached hydrogen (secondary N) is 1. The normalized spacial score (nSPS) is 10.4. The summed E-state index contributed by atoms with van der Waals surface area (Å²) in [7, 11) is 0. The van der Waals surface area contributed by atoms with Crippen LogP contribution in [-0.4, -0.2) is 35.0 Å². The number of rotatable bonds is 9. The second-order valence-corrected chi connectivity index (χ2v) is 8.70. The lowest BCUT2D eigenvalue weighted by Crippen LogP contribution is -2.26. The number of halogens is 2. The average Bonchev–Trinajstić information content (AvgIpc) is 2.80. The van der Waals surface area contributed by atoms with Crippen molar-refractivity contribution in [1.82, 2.24) is 10.2 Å². The molecule has 0 radical (unpaired) electrons. The van der Waals surface area contributed by atoms with Crippen LogP contribution in [0, 0.1) is 6.92 Å². The standard InChI is InChI=1S/C21H26N2O3.C6H4Cl2/c1-3-23(14-17-6-4-16(2)5-7-17)15-18-8-10-19(11-9-18)21(26)22-13-12-20(24)25;7-5-2-1-3-6(8)4-5/h4-11H,3,12-15H2,1-2H3,(H,22,26)(H,24,25);1-4H. The highest BCUT2D eigenvalue weighted by Gasteiger charge is 2.08. The van der Waals surface area contributed by atoms with Crippen LogP contribution in [0.4, 0.5) is 0 Å². The third-order valence-electron chi connectivity index (χ3n) is 5.01. The maximum Gasteiger partial charge on any atom is 0.305 e. The van der Waals surface area contributed by atoms with Gasteiger partial charge in [0.2, 0.25) is 0 Å². The van der Waals surface area contributed by atoms with Gasteiger partial charge in [0, 0.05) is 35.2 Å². The Morgan fingerprint density at radius 2 is 1.41 bits per heavy atom. The number of nitrogens with zero attached hydrogens (tertiary/aromatic N) is 1. The van der Waals surface area contributed by atoms with Gasteiger partial charge in [0.25, 0.3) is 5.91 Å². The molecule has 180 valence electrons. The van der Waals surface area contributed by atoms with E-state index in [1.165, 1.54) is 11.1 Å². The fourth-order valence-corrected chi connectivity index (χ4v) is 3.53. The van der Waals surface area contributed by atoms with E-state index in [2.05, 4.69) is 48.3 Å². The Balaban J connectivity index is 0.000000430. The summed E-state index contributed by atoms with van der Waals surface area (Å²) >= 11 is 11.1. The first-order valence-corrected chi connectivity index (χ1v) is 11.8. The van der Waals surface area contributed by atoms with Gasteiger partial charge in [-0.1, -0.05) is 78.2 Å². The van der Waals surface area contributed by atoms with Gasteiger partial charge in [0.1, 0.15) is 0 Å². The minimum absolute atomic E-state index is 0.0751.